The molecule has 0 atom stereocenters. The molecule has 0 spiro atoms. The number of amides is 1. The van der Waals surface area contributed by atoms with Gasteiger partial charge in [0.1, 0.15) is 11.3 Å². The molecule has 3 rings (SSSR count). The van der Waals surface area contributed by atoms with Crippen LogP contribution in [-0.4, -0.2) is 110 Å². The van der Waals surface area contributed by atoms with Crippen LogP contribution in [0.4, 0.5) is 0 Å². The first-order valence-corrected chi connectivity index (χ1v) is 17.8. The highest BCUT2D eigenvalue weighted by molar-refractivity contribution is 5.77. The van der Waals surface area contributed by atoms with E-state index in [1.807, 2.05) is 36.4 Å². The average Bonchev–Trinajstić information content (AvgIpc) is 3.16. The van der Waals surface area contributed by atoms with Gasteiger partial charge in [0.25, 0.3) is 0 Å². The minimum Gasteiger partial charge on any atom is -0.493 e. The van der Waals surface area contributed by atoms with E-state index in [0.717, 1.165) is 0 Å². The molecule has 3 aromatic heterocycles. The highest BCUT2D eigenvalue weighted by atomic mass is 16.5. The van der Waals surface area contributed by atoms with Gasteiger partial charge >= 0.3 is 17.9 Å². The van der Waals surface area contributed by atoms with Gasteiger partial charge in [-0.15, -0.1) is 0 Å². The Balaban J connectivity index is 1.69. The van der Waals surface area contributed by atoms with E-state index in [-0.39, 0.29) is 97.7 Å². The van der Waals surface area contributed by atoms with Crippen LogP contribution in [-0.2, 0) is 47.6 Å². The molecule has 0 bridgehead atoms. The topological polar surface area (TPSA) is 184 Å². The van der Waals surface area contributed by atoms with Crippen molar-refractivity contribution in [2.75, 3.05) is 66.1 Å². The molecule has 0 unspecified atom stereocenters. The summed E-state index contributed by atoms with van der Waals surface area (Å²) < 4.78 is 38.5. The van der Waals surface area contributed by atoms with Crippen LogP contribution >= 0.6 is 0 Å². The van der Waals surface area contributed by atoms with E-state index >= 15 is 0 Å². The van der Waals surface area contributed by atoms with Crippen LogP contribution in [0.3, 0.4) is 0 Å². The Morgan fingerprint density at radius 1 is 0.604 bits per heavy atom. The minimum atomic E-state index is -1.24. The summed E-state index contributed by atoms with van der Waals surface area (Å²) in [5, 5.41) is 2.99. The van der Waals surface area contributed by atoms with Crippen LogP contribution < -0.4 is 10.1 Å². The maximum atomic E-state index is 13.4. The number of hydrogen-bond acceptors (Lipinski definition) is 14. The van der Waals surface area contributed by atoms with Gasteiger partial charge in [0.05, 0.1) is 108 Å². The molecule has 0 saturated carbocycles. The Bertz CT molecular complexity index is 1420. The Hall–Kier alpha value is -4.99. The maximum absolute atomic E-state index is 13.4. The lowest BCUT2D eigenvalue weighted by Crippen LogP contribution is -2.58. The molecule has 1 amide bonds. The molecule has 0 saturated heterocycles. The number of nitrogens with zero attached hydrogens (tertiary/aromatic N) is 3. The van der Waals surface area contributed by atoms with Crippen molar-refractivity contribution in [3.8, 4) is 28.5 Å². The summed E-state index contributed by atoms with van der Waals surface area (Å²) in [5.74, 6) is -1.08. The zero-order valence-electron chi connectivity index (χ0n) is 30.7. The zero-order valence-corrected chi connectivity index (χ0v) is 30.7. The number of pyridine rings is 3. The van der Waals surface area contributed by atoms with Gasteiger partial charge in [-0.05, 0) is 51.5 Å². The molecule has 3 aromatic rings. The number of aromatic nitrogens is 3. The fraction of sp³-hybridized carbons (Fsp3) is 0.500. The van der Waals surface area contributed by atoms with Crippen molar-refractivity contribution in [2.45, 2.75) is 58.4 Å². The van der Waals surface area contributed by atoms with Crippen LogP contribution in [0.15, 0.2) is 60.9 Å². The fourth-order valence-corrected chi connectivity index (χ4v) is 4.86. The molecule has 3 heterocycles. The van der Waals surface area contributed by atoms with Crippen LogP contribution in [0.5, 0.6) is 5.75 Å². The van der Waals surface area contributed by atoms with E-state index < -0.39 is 23.4 Å². The molecular weight excluding hydrogens is 688 g/mol. The van der Waals surface area contributed by atoms with Gasteiger partial charge < -0.3 is 38.5 Å². The standard InChI is InChI=1S/C38H50N4O11/c1-4-50-35(44)15-21-47-26-38(27-48-22-16-36(45)51-5-2,28-49-23-17-37(46)52-6-3)42-34(43)14-11-20-53-29-24-32(30-12-7-9-18-39-30)41-33(25-29)31-13-8-10-19-40-31/h7-10,12-13,18-19,24-25H,4-6,11,14-17,20-23,26-28H2,1-3H3,(H,42,43). The smallest absolute Gasteiger partial charge is 0.308 e. The molecule has 0 aromatic carbocycles. The molecule has 53 heavy (non-hydrogen) atoms. The third kappa shape index (κ3) is 16.5. The SMILES string of the molecule is CCOC(=O)CCOCC(COCCC(=O)OCC)(COCCC(=O)OCC)NC(=O)CCCOc1cc(-c2ccccn2)nc(-c2ccccn2)c1. The van der Waals surface area contributed by atoms with Crippen molar-refractivity contribution in [1.29, 1.82) is 0 Å². The second-order valence-corrected chi connectivity index (χ2v) is 11.6. The lowest BCUT2D eigenvalue weighted by atomic mass is 10.0. The molecule has 0 aliphatic heterocycles. The summed E-state index contributed by atoms with van der Waals surface area (Å²) >= 11 is 0. The number of carbonyl (C=O) groups excluding carboxylic acids is 4. The second kappa shape index (κ2) is 24.3. The Morgan fingerprint density at radius 2 is 1.06 bits per heavy atom. The quantitative estimate of drug-likeness (QED) is 0.0705. The number of carbonyl (C=O) groups is 4. The molecule has 0 fully saturated rings. The lowest BCUT2D eigenvalue weighted by molar-refractivity contribution is -0.145. The Labute approximate surface area is 310 Å². The Morgan fingerprint density at radius 3 is 1.45 bits per heavy atom. The van der Waals surface area contributed by atoms with Crippen molar-refractivity contribution in [1.82, 2.24) is 20.3 Å². The van der Waals surface area contributed by atoms with Crippen molar-refractivity contribution < 1.29 is 52.3 Å². The summed E-state index contributed by atoms with van der Waals surface area (Å²) in [6, 6.07) is 14.7. The normalized spacial score (nSPS) is 11.1. The summed E-state index contributed by atoms with van der Waals surface area (Å²) in [5.41, 5.74) is 1.32. The van der Waals surface area contributed by atoms with Gasteiger partial charge in [-0.25, -0.2) is 4.98 Å². The van der Waals surface area contributed by atoms with E-state index in [9.17, 15) is 19.2 Å². The van der Waals surface area contributed by atoms with Gasteiger partial charge in [0.2, 0.25) is 5.91 Å². The summed E-state index contributed by atoms with van der Waals surface area (Å²) in [7, 11) is 0. The fourth-order valence-electron chi connectivity index (χ4n) is 4.86. The average molecular weight is 739 g/mol. The molecule has 15 heteroatoms. The van der Waals surface area contributed by atoms with Gasteiger partial charge in [0, 0.05) is 30.9 Å². The molecule has 1 N–H and O–H groups in total. The van der Waals surface area contributed by atoms with Gasteiger partial charge in [-0.1, -0.05) is 12.1 Å². The monoisotopic (exact) mass is 738 g/mol. The van der Waals surface area contributed by atoms with E-state index in [2.05, 4.69) is 15.3 Å². The largest absolute Gasteiger partial charge is 0.493 e. The molecule has 0 aliphatic carbocycles. The molecular formula is C38H50N4O11. The predicted molar refractivity (Wildman–Crippen MR) is 193 cm³/mol. The number of esters is 3. The van der Waals surface area contributed by atoms with Crippen molar-refractivity contribution in [3.05, 3.63) is 60.9 Å². The lowest BCUT2D eigenvalue weighted by Gasteiger charge is -2.34. The predicted octanol–water partition coefficient (Wildman–Crippen LogP) is 4.13. The Kier molecular flexibility index (Phi) is 19.4. The molecule has 0 radical (unpaired) electrons. The van der Waals surface area contributed by atoms with Crippen molar-refractivity contribution in [3.63, 3.8) is 0 Å². The first-order valence-electron chi connectivity index (χ1n) is 17.8. The number of nitrogens with one attached hydrogen (secondary N) is 1. The van der Waals surface area contributed by atoms with Crippen LogP contribution in [0.1, 0.15) is 52.9 Å². The maximum Gasteiger partial charge on any atom is 0.308 e. The molecule has 15 nitrogen and oxygen atoms in total. The first-order chi connectivity index (χ1) is 25.8. The van der Waals surface area contributed by atoms with Crippen LogP contribution in [0.2, 0.25) is 0 Å². The van der Waals surface area contributed by atoms with Crippen molar-refractivity contribution in [2.24, 2.45) is 0 Å². The summed E-state index contributed by atoms with van der Waals surface area (Å²) in [4.78, 5) is 62.7. The first kappa shape index (κ1) is 42.4. The summed E-state index contributed by atoms with van der Waals surface area (Å²) in [6.07, 6.45) is 3.80. The van der Waals surface area contributed by atoms with Gasteiger partial charge in [0.15, 0.2) is 0 Å². The molecule has 0 aliphatic rings. The third-order valence-electron chi connectivity index (χ3n) is 7.28. The van der Waals surface area contributed by atoms with E-state index in [4.69, 9.17) is 38.1 Å². The highest BCUT2D eigenvalue weighted by Gasteiger charge is 2.34. The van der Waals surface area contributed by atoms with E-state index in [0.29, 0.717) is 34.9 Å². The molecule has 288 valence electrons. The van der Waals surface area contributed by atoms with E-state index in [1.54, 1.807) is 45.3 Å². The van der Waals surface area contributed by atoms with Crippen molar-refractivity contribution >= 4 is 23.8 Å². The highest BCUT2D eigenvalue weighted by Crippen LogP contribution is 2.26. The van der Waals surface area contributed by atoms with Gasteiger partial charge in [-0.2, -0.15) is 0 Å². The van der Waals surface area contributed by atoms with Gasteiger partial charge in [-0.3, -0.25) is 29.1 Å². The minimum absolute atomic E-state index is 0.00173. The number of ether oxygens (including phenoxy) is 7. The summed E-state index contributed by atoms with van der Waals surface area (Å²) in [6.45, 7) is 5.80. The third-order valence-corrected chi connectivity index (χ3v) is 7.28. The number of rotatable bonds is 26. The van der Waals surface area contributed by atoms with Crippen LogP contribution in [0.25, 0.3) is 22.8 Å². The zero-order chi connectivity index (χ0) is 38.2. The van der Waals surface area contributed by atoms with E-state index in [1.165, 1.54) is 0 Å². The number of hydrogen-bond donors (Lipinski definition) is 1. The second-order valence-electron chi connectivity index (χ2n) is 11.6. The van der Waals surface area contributed by atoms with Crippen LogP contribution in [0, 0.1) is 0 Å².